The van der Waals surface area contributed by atoms with Crippen LogP contribution in [-0.4, -0.2) is 58.2 Å². The van der Waals surface area contributed by atoms with E-state index in [1.54, 1.807) is 0 Å². The SMILES string of the molecule is Cc1noc(C)c1CCC(=O)N1CC[C@](O)(c2ccccc2)[C@H](N2CCCC2)C1. The van der Waals surface area contributed by atoms with Gasteiger partial charge >= 0.3 is 0 Å². The molecule has 0 radical (unpaired) electrons. The van der Waals surface area contributed by atoms with Gasteiger partial charge in [-0.25, -0.2) is 0 Å². The fourth-order valence-electron chi connectivity index (χ4n) is 4.93. The van der Waals surface area contributed by atoms with E-state index in [9.17, 15) is 9.90 Å². The first kappa shape index (κ1) is 20.1. The standard InChI is InChI=1S/C23H31N3O3/c1-17-20(18(2)29-24-17)10-11-22(27)26-15-12-23(28,19-8-4-3-5-9-19)21(16-26)25-13-6-7-14-25/h3-5,8-9,21,28H,6-7,10-16H2,1-2H3/t21-,23+/m1/s1. The number of carbonyl (C=O) groups excluding carboxylic acids is 1. The van der Waals surface area contributed by atoms with Crippen molar-refractivity contribution in [2.24, 2.45) is 0 Å². The van der Waals surface area contributed by atoms with E-state index in [2.05, 4.69) is 10.1 Å². The number of carbonyl (C=O) groups is 1. The molecular weight excluding hydrogens is 366 g/mol. The second kappa shape index (κ2) is 8.28. The lowest BCUT2D eigenvalue weighted by Crippen LogP contribution is -2.61. The Morgan fingerprint density at radius 2 is 1.93 bits per heavy atom. The van der Waals surface area contributed by atoms with Crippen LogP contribution in [0.15, 0.2) is 34.9 Å². The lowest BCUT2D eigenvalue weighted by atomic mass is 9.79. The molecule has 1 aromatic carbocycles. The molecule has 1 amide bonds. The smallest absolute Gasteiger partial charge is 0.222 e. The van der Waals surface area contributed by atoms with Crippen molar-refractivity contribution in [3.05, 3.63) is 52.9 Å². The molecule has 156 valence electrons. The lowest BCUT2D eigenvalue weighted by Gasteiger charge is -2.48. The van der Waals surface area contributed by atoms with Gasteiger partial charge in [0.05, 0.1) is 11.7 Å². The van der Waals surface area contributed by atoms with Gasteiger partial charge in [0.2, 0.25) is 5.91 Å². The molecule has 3 heterocycles. The second-order valence-corrected chi connectivity index (χ2v) is 8.44. The number of hydrogen-bond acceptors (Lipinski definition) is 5. The van der Waals surface area contributed by atoms with Crippen molar-refractivity contribution in [1.82, 2.24) is 15.0 Å². The summed E-state index contributed by atoms with van der Waals surface area (Å²) in [4.78, 5) is 17.3. The van der Waals surface area contributed by atoms with Crippen LogP contribution in [0, 0.1) is 13.8 Å². The van der Waals surface area contributed by atoms with Crippen molar-refractivity contribution in [2.45, 2.75) is 57.6 Å². The Morgan fingerprint density at radius 3 is 2.59 bits per heavy atom. The molecule has 4 rings (SSSR count). The normalized spacial score (nSPS) is 25.5. The molecule has 2 fully saturated rings. The third-order valence-electron chi connectivity index (χ3n) is 6.69. The quantitative estimate of drug-likeness (QED) is 0.840. The highest BCUT2D eigenvalue weighted by molar-refractivity contribution is 5.76. The topological polar surface area (TPSA) is 69.8 Å². The Morgan fingerprint density at radius 1 is 1.21 bits per heavy atom. The van der Waals surface area contributed by atoms with Gasteiger partial charge in [-0.3, -0.25) is 9.69 Å². The number of likely N-dealkylation sites (tertiary alicyclic amines) is 2. The number of piperidine rings is 1. The zero-order valence-electron chi connectivity index (χ0n) is 17.4. The third-order valence-corrected chi connectivity index (χ3v) is 6.69. The summed E-state index contributed by atoms with van der Waals surface area (Å²) in [6.45, 7) is 6.94. The van der Waals surface area contributed by atoms with E-state index in [4.69, 9.17) is 4.52 Å². The molecule has 0 bridgehead atoms. The minimum atomic E-state index is -0.913. The molecular formula is C23H31N3O3. The summed E-state index contributed by atoms with van der Waals surface area (Å²) >= 11 is 0. The van der Waals surface area contributed by atoms with Gasteiger partial charge in [-0.2, -0.15) is 0 Å². The van der Waals surface area contributed by atoms with Crippen LogP contribution in [-0.2, 0) is 16.8 Å². The summed E-state index contributed by atoms with van der Waals surface area (Å²) in [6, 6.07) is 9.90. The largest absolute Gasteiger partial charge is 0.383 e. The van der Waals surface area contributed by atoms with Gasteiger partial charge in [0.15, 0.2) is 0 Å². The van der Waals surface area contributed by atoms with Crippen LogP contribution in [0.1, 0.15) is 48.3 Å². The third kappa shape index (κ3) is 3.96. The zero-order valence-corrected chi connectivity index (χ0v) is 17.4. The molecule has 29 heavy (non-hydrogen) atoms. The molecule has 6 nitrogen and oxygen atoms in total. The van der Waals surface area contributed by atoms with Gasteiger partial charge in [0, 0.05) is 25.1 Å². The minimum Gasteiger partial charge on any atom is -0.383 e. The summed E-state index contributed by atoms with van der Waals surface area (Å²) < 4.78 is 5.22. The summed E-state index contributed by atoms with van der Waals surface area (Å²) in [5.41, 5.74) is 1.94. The number of aromatic nitrogens is 1. The maximum atomic E-state index is 13.0. The average Bonchev–Trinajstić information content (AvgIpc) is 3.38. The highest BCUT2D eigenvalue weighted by atomic mass is 16.5. The van der Waals surface area contributed by atoms with E-state index in [0.717, 1.165) is 48.5 Å². The lowest BCUT2D eigenvalue weighted by molar-refractivity contribution is -0.143. The Bertz CT molecular complexity index is 825. The maximum Gasteiger partial charge on any atom is 0.222 e. The van der Waals surface area contributed by atoms with Gasteiger partial charge in [-0.15, -0.1) is 0 Å². The molecule has 2 aromatic rings. The van der Waals surface area contributed by atoms with Crippen LogP contribution in [0.2, 0.25) is 0 Å². The van der Waals surface area contributed by atoms with Crippen LogP contribution in [0.5, 0.6) is 0 Å². The van der Waals surface area contributed by atoms with E-state index >= 15 is 0 Å². The predicted octanol–water partition coefficient (Wildman–Crippen LogP) is 2.81. The van der Waals surface area contributed by atoms with E-state index in [-0.39, 0.29) is 11.9 Å². The Labute approximate surface area is 172 Å². The molecule has 1 aromatic heterocycles. The van der Waals surface area contributed by atoms with Crippen LogP contribution >= 0.6 is 0 Å². The van der Waals surface area contributed by atoms with Crippen molar-refractivity contribution >= 4 is 5.91 Å². The van der Waals surface area contributed by atoms with Crippen molar-refractivity contribution in [2.75, 3.05) is 26.2 Å². The highest BCUT2D eigenvalue weighted by Crippen LogP contribution is 2.37. The van der Waals surface area contributed by atoms with Gasteiger partial charge in [0.1, 0.15) is 11.4 Å². The van der Waals surface area contributed by atoms with Crippen molar-refractivity contribution in [3.8, 4) is 0 Å². The molecule has 2 atom stereocenters. The van der Waals surface area contributed by atoms with Crippen LogP contribution in [0.25, 0.3) is 0 Å². The minimum absolute atomic E-state index is 0.0656. The Kier molecular flexibility index (Phi) is 5.74. The molecule has 0 saturated carbocycles. The molecule has 0 unspecified atom stereocenters. The highest BCUT2D eigenvalue weighted by Gasteiger charge is 2.47. The number of hydrogen-bond donors (Lipinski definition) is 1. The molecule has 6 heteroatoms. The first-order valence-corrected chi connectivity index (χ1v) is 10.7. The van der Waals surface area contributed by atoms with Crippen molar-refractivity contribution in [1.29, 1.82) is 0 Å². The van der Waals surface area contributed by atoms with E-state index < -0.39 is 5.60 Å². The number of aryl methyl sites for hydroxylation is 2. The molecule has 2 saturated heterocycles. The Hall–Kier alpha value is -2.18. The monoisotopic (exact) mass is 397 g/mol. The van der Waals surface area contributed by atoms with E-state index in [1.807, 2.05) is 49.1 Å². The van der Waals surface area contributed by atoms with Gasteiger partial charge in [-0.1, -0.05) is 35.5 Å². The number of aliphatic hydroxyl groups is 1. The number of benzene rings is 1. The first-order valence-electron chi connectivity index (χ1n) is 10.7. The summed E-state index contributed by atoms with van der Waals surface area (Å²) in [6.07, 6.45) is 3.96. The number of nitrogens with zero attached hydrogens (tertiary/aromatic N) is 3. The molecule has 2 aliphatic heterocycles. The molecule has 0 spiro atoms. The van der Waals surface area contributed by atoms with Gasteiger partial charge in [0.25, 0.3) is 0 Å². The number of rotatable bonds is 5. The Balaban J connectivity index is 1.49. The first-order chi connectivity index (χ1) is 14.0. The second-order valence-electron chi connectivity index (χ2n) is 8.44. The molecule has 0 aliphatic carbocycles. The van der Waals surface area contributed by atoms with Crippen molar-refractivity contribution in [3.63, 3.8) is 0 Å². The van der Waals surface area contributed by atoms with Gasteiger partial charge < -0.3 is 14.5 Å². The predicted molar refractivity (Wildman–Crippen MR) is 110 cm³/mol. The van der Waals surface area contributed by atoms with Crippen LogP contribution in [0.4, 0.5) is 0 Å². The fraction of sp³-hybridized carbons (Fsp3) is 0.565. The maximum absolute atomic E-state index is 13.0. The van der Waals surface area contributed by atoms with E-state index in [1.165, 1.54) is 0 Å². The number of amides is 1. The average molecular weight is 398 g/mol. The van der Waals surface area contributed by atoms with E-state index in [0.29, 0.717) is 32.4 Å². The summed E-state index contributed by atoms with van der Waals surface area (Å²) in [5, 5.41) is 15.7. The van der Waals surface area contributed by atoms with Gasteiger partial charge in [-0.05, 0) is 58.2 Å². The summed E-state index contributed by atoms with van der Waals surface area (Å²) in [5.74, 6) is 0.937. The summed E-state index contributed by atoms with van der Waals surface area (Å²) in [7, 11) is 0. The zero-order chi connectivity index (χ0) is 20.4. The molecule has 1 N–H and O–H groups in total. The molecule has 2 aliphatic rings. The van der Waals surface area contributed by atoms with Crippen LogP contribution in [0.3, 0.4) is 0 Å². The fourth-order valence-corrected chi connectivity index (χ4v) is 4.93. The van der Waals surface area contributed by atoms with Crippen molar-refractivity contribution < 1.29 is 14.4 Å². The van der Waals surface area contributed by atoms with Crippen LogP contribution < -0.4 is 0 Å².